The third-order valence-corrected chi connectivity index (χ3v) is 6.81. The third-order valence-electron chi connectivity index (χ3n) is 6.81. The Bertz CT molecular complexity index is 2070. The van der Waals surface area contributed by atoms with Gasteiger partial charge in [-0.05, 0) is 53.9 Å². The summed E-state index contributed by atoms with van der Waals surface area (Å²) in [6, 6.07) is 29.9. The summed E-state index contributed by atoms with van der Waals surface area (Å²) in [6.45, 7) is 0. The third kappa shape index (κ3) is 2.20. The van der Waals surface area contributed by atoms with Gasteiger partial charge in [0.1, 0.15) is 11.3 Å². The maximum Gasteiger partial charge on any atom is 0.147 e. The van der Waals surface area contributed by atoms with E-state index in [2.05, 4.69) is 86.7 Å². The molecular weight excluding hydrogens is 418 g/mol. The van der Waals surface area contributed by atoms with Crippen LogP contribution in [0.25, 0.3) is 66.0 Å². The quantitative estimate of drug-likeness (QED) is 0.270. The molecule has 0 spiro atoms. The number of hydrogen-bond acceptors (Lipinski definition) is 3. The lowest BCUT2D eigenvalue weighted by molar-refractivity contribution is 1.18. The van der Waals surface area contributed by atoms with Crippen molar-refractivity contribution in [1.29, 1.82) is 0 Å². The second-order valence-corrected chi connectivity index (χ2v) is 8.61. The van der Waals surface area contributed by atoms with E-state index in [9.17, 15) is 0 Å². The Morgan fingerprint density at radius 3 is 2.35 bits per heavy atom. The van der Waals surface area contributed by atoms with Crippen molar-refractivity contribution in [3.63, 3.8) is 0 Å². The van der Waals surface area contributed by atoms with Crippen molar-refractivity contribution in [2.75, 3.05) is 0 Å². The van der Waals surface area contributed by atoms with Crippen LogP contribution in [0.3, 0.4) is 0 Å². The van der Waals surface area contributed by atoms with Gasteiger partial charge in [-0.25, -0.2) is 9.97 Å². The van der Waals surface area contributed by atoms with Crippen LogP contribution in [0.5, 0.6) is 0 Å². The van der Waals surface area contributed by atoms with Gasteiger partial charge in [0.15, 0.2) is 0 Å². The zero-order valence-corrected chi connectivity index (χ0v) is 18.1. The van der Waals surface area contributed by atoms with E-state index < -0.39 is 0 Å². The molecule has 0 aliphatic heterocycles. The highest BCUT2D eigenvalue weighted by molar-refractivity contribution is 6.21. The van der Waals surface area contributed by atoms with Crippen molar-refractivity contribution in [1.82, 2.24) is 23.9 Å². The molecule has 3 aromatic carbocycles. The summed E-state index contributed by atoms with van der Waals surface area (Å²) in [5.41, 5.74) is 7.19. The number of rotatable bonds is 1. The smallest absolute Gasteiger partial charge is 0.147 e. The normalized spacial score (nSPS) is 12.1. The van der Waals surface area contributed by atoms with E-state index in [-0.39, 0.29) is 0 Å². The van der Waals surface area contributed by atoms with Crippen LogP contribution in [0.1, 0.15) is 0 Å². The van der Waals surface area contributed by atoms with Crippen LogP contribution >= 0.6 is 0 Å². The Morgan fingerprint density at radius 1 is 0.559 bits per heavy atom. The molecule has 0 fully saturated rings. The summed E-state index contributed by atoms with van der Waals surface area (Å²) in [7, 11) is 0. The van der Waals surface area contributed by atoms with Crippen LogP contribution in [0, 0.1) is 0 Å². The molecule has 34 heavy (non-hydrogen) atoms. The molecule has 0 atom stereocenters. The van der Waals surface area contributed by atoms with E-state index in [1.54, 1.807) is 6.20 Å². The van der Waals surface area contributed by atoms with Crippen molar-refractivity contribution >= 4 is 60.3 Å². The van der Waals surface area contributed by atoms with Gasteiger partial charge in [0.05, 0.1) is 28.3 Å². The minimum Gasteiger partial charge on any atom is -0.309 e. The summed E-state index contributed by atoms with van der Waals surface area (Å²) >= 11 is 0. The van der Waals surface area contributed by atoms with Gasteiger partial charge in [-0.1, -0.05) is 36.4 Å². The monoisotopic (exact) mass is 435 g/mol. The van der Waals surface area contributed by atoms with E-state index >= 15 is 0 Å². The number of hydrogen-bond donors (Lipinski definition) is 0. The molecule has 8 aromatic rings. The van der Waals surface area contributed by atoms with Crippen LogP contribution in [0.15, 0.2) is 104 Å². The van der Waals surface area contributed by atoms with Crippen LogP contribution in [0.4, 0.5) is 0 Å². The van der Waals surface area contributed by atoms with Gasteiger partial charge in [-0.2, -0.15) is 0 Å². The molecule has 0 aliphatic carbocycles. The average molecular weight is 435 g/mol. The van der Waals surface area contributed by atoms with Gasteiger partial charge < -0.3 is 4.57 Å². The Balaban J connectivity index is 1.67. The van der Waals surface area contributed by atoms with Crippen LogP contribution < -0.4 is 0 Å². The Kier molecular flexibility index (Phi) is 3.34. The van der Waals surface area contributed by atoms with Crippen molar-refractivity contribution in [2.45, 2.75) is 0 Å². The summed E-state index contributed by atoms with van der Waals surface area (Å²) in [4.78, 5) is 14.2. The van der Waals surface area contributed by atoms with Gasteiger partial charge in [0, 0.05) is 39.6 Å². The molecule has 0 saturated heterocycles. The maximum absolute atomic E-state index is 5.02. The molecular formula is C29H17N5. The zero-order chi connectivity index (χ0) is 22.2. The number of fused-ring (bicyclic) bond motifs is 11. The number of para-hydroxylation sites is 2. The highest BCUT2D eigenvalue weighted by Crippen LogP contribution is 2.38. The van der Waals surface area contributed by atoms with E-state index in [1.807, 2.05) is 24.5 Å². The summed E-state index contributed by atoms with van der Waals surface area (Å²) in [5.74, 6) is 0. The molecule has 158 valence electrons. The number of pyridine rings is 3. The molecule has 5 nitrogen and oxygen atoms in total. The van der Waals surface area contributed by atoms with E-state index in [0.29, 0.717) is 0 Å². The predicted octanol–water partition coefficient (Wildman–Crippen LogP) is 6.68. The Morgan fingerprint density at radius 2 is 1.41 bits per heavy atom. The SMILES string of the molecule is c1ccc(-n2c3ccccc3c3cc4c(cc32)c2cccnc2n2c3cnccc3nc42)cc1. The van der Waals surface area contributed by atoms with Gasteiger partial charge in [-0.3, -0.25) is 9.38 Å². The Labute approximate surface area is 193 Å². The minimum absolute atomic E-state index is 0.891. The first-order valence-corrected chi connectivity index (χ1v) is 11.3. The molecule has 0 bridgehead atoms. The number of aromatic nitrogens is 5. The van der Waals surface area contributed by atoms with Crippen LogP contribution in [-0.4, -0.2) is 23.9 Å². The molecule has 0 amide bonds. The predicted molar refractivity (Wildman–Crippen MR) is 138 cm³/mol. The van der Waals surface area contributed by atoms with E-state index in [4.69, 9.17) is 9.97 Å². The van der Waals surface area contributed by atoms with Crippen LogP contribution in [0.2, 0.25) is 0 Å². The largest absolute Gasteiger partial charge is 0.309 e. The lowest BCUT2D eigenvalue weighted by Gasteiger charge is -2.10. The second-order valence-electron chi connectivity index (χ2n) is 8.61. The number of nitrogens with zero attached hydrogens (tertiary/aromatic N) is 5. The maximum atomic E-state index is 5.02. The molecule has 5 heteroatoms. The lowest BCUT2D eigenvalue weighted by Crippen LogP contribution is -1.95. The van der Waals surface area contributed by atoms with Gasteiger partial charge in [0.25, 0.3) is 0 Å². The molecule has 0 aliphatic rings. The van der Waals surface area contributed by atoms with Crippen molar-refractivity contribution in [3.8, 4) is 5.69 Å². The standard InChI is InChI=1S/C29H17N5/c1-2-7-18(8-3-1)33-25-11-5-4-9-19(25)22-15-23-21(16-26(22)33)20-10-6-13-31-28(20)34-27-17-30-14-12-24(27)32-29(23)34/h1-17H. The van der Waals surface area contributed by atoms with Crippen molar-refractivity contribution in [3.05, 3.63) is 104 Å². The molecule has 0 N–H and O–H groups in total. The number of benzene rings is 3. The topological polar surface area (TPSA) is 48.0 Å². The van der Waals surface area contributed by atoms with Gasteiger partial charge in [-0.15, -0.1) is 0 Å². The second kappa shape index (κ2) is 6.39. The molecule has 5 aromatic heterocycles. The van der Waals surface area contributed by atoms with E-state index in [1.165, 1.54) is 21.8 Å². The average Bonchev–Trinajstić information content (AvgIpc) is 3.44. The summed E-state index contributed by atoms with van der Waals surface area (Å²) < 4.78 is 4.49. The summed E-state index contributed by atoms with van der Waals surface area (Å²) in [6.07, 6.45) is 5.50. The molecule has 8 rings (SSSR count). The highest BCUT2D eigenvalue weighted by atomic mass is 15.1. The highest BCUT2D eigenvalue weighted by Gasteiger charge is 2.18. The van der Waals surface area contributed by atoms with Gasteiger partial charge >= 0.3 is 0 Å². The summed E-state index contributed by atoms with van der Waals surface area (Å²) in [5, 5.41) is 5.79. The van der Waals surface area contributed by atoms with Crippen molar-refractivity contribution < 1.29 is 0 Å². The van der Waals surface area contributed by atoms with Crippen LogP contribution in [-0.2, 0) is 0 Å². The molecule has 5 heterocycles. The van der Waals surface area contributed by atoms with E-state index in [0.717, 1.165) is 44.2 Å². The fraction of sp³-hybridized carbons (Fsp3) is 0. The van der Waals surface area contributed by atoms with Crippen molar-refractivity contribution in [2.24, 2.45) is 0 Å². The number of imidazole rings is 1. The fourth-order valence-corrected chi connectivity index (χ4v) is 5.38. The molecule has 0 unspecified atom stereocenters. The zero-order valence-electron chi connectivity index (χ0n) is 18.1. The molecule has 0 radical (unpaired) electrons. The minimum atomic E-state index is 0.891. The molecule has 0 saturated carbocycles. The lowest BCUT2D eigenvalue weighted by atomic mass is 10.0. The fourth-order valence-electron chi connectivity index (χ4n) is 5.38. The Hall–Kier alpha value is -4.77. The first-order valence-electron chi connectivity index (χ1n) is 11.3. The first kappa shape index (κ1) is 17.7. The first-order chi connectivity index (χ1) is 16.9. The van der Waals surface area contributed by atoms with Gasteiger partial charge in [0.2, 0.25) is 0 Å².